The molecule has 0 saturated carbocycles. The minimum atomic E-state index is -0.660. The average Bonchev–Trinajstić information content (AvgIpc) is 2.97. The highest BCUT2D eigenvalue weighted by atomic mass is 16.5. The zero-order chi connectivity index (χ0) is 29.2. The Labute approximate surface area is 237 Å². The molecule has 3 aromatic rings. The lowest BCUT2D eigenvalue weighted by molar-refractivity contribution is -0.146. The number of pyridine rings is 1. The van der Waals surface area contributed by atoms with E-state index in [1.807, 2.05) is 50.9 Å². The number of hydrogen-bond acceptors (Lipinski definition) is 10. The van der Waals surface area contributed by atoms with Crippen molar-refractivity contribution in [2.75, 3.05) is 29.2 Å². The Balaban J connectivity index is 1.82. The van der Waals surface area contributed by atoms with Crippen LogP contribution in [0.3, 0.4) is 0 Å². The summed E-state index contributed by atoms with van der Waals surface area (Å²) < 4.78 is 5.49. The van der Waals surface area contributed by atoms with Crippen LogP contribution in [0.2, 0.25) is 0 Å². The minimum absolute atomic E-state index is 0.00298. The van der Waals surface area contributed by atoms with Crippen LogP contribution >= 0.6 is 0 Å². The number of nitrogens with zero attached hydrogens (tertiary/aromatic N) is 5. The molecule has 2 heterocycles. The van der Waals surface area contributed by atoms with Crippen molar-refractivity contribution in [2.45, 2.75) is 65.7 Å². The number of rotatable bonds is 14. The van der Waals surface area contributed by atoms with E-state index in [0.29, 0.717) is 36.2 Å². The highest BCUT2D eigenvalue weighted by Crippen LogP contribution is 2.35. The maximum atomic E-state index is 12.3. The van der Waals surface area contributed by atoms with Crippen LogP contribution in [0.25, 0.3) is 11.3 Å². The summed E-state index contributed by atoms with van der Waals surface area (Å²) >= 11 is 0. The molecule has 3 rings (SSSR count). The van der Waals surface area contributed by atoms with Gasteiger partial charge in [-0.3, -0.25) is 14.8 Å². The van der Waals surface area contributed by atoms with Gasteiger partial charge in [0.15, 0.2) is 11.6 Å². The van der Waals surface area contributed by atoms with E-state index in [-0.39, 0.29) is 24.6 Å². The smallest absolute Gasteiger partial charge is 0.323 e. The fourth-order valence-corrected chi connectivity index (χ4v) is 3.77. The van der Waals surface area contributed by atoms with Crippen molar-refractivity contribution >= 4 is 36.0 Å². The van der Waals surface area contributed by atoms with Crippen LogP contribution in [-0.4, -0.2) is 59.4 Å². The second-order valence-corrected chi connectivity index (χ2v) is 10.3. The van der Waals surface area contributed by atoms with Crippen LogP contribution < -0.4 is 21.3 Å². The second kappa shape index (κ2) is 14.4. The molecule has 10 nitrogen and oxygen atoms in total. The first kappa shape index (κ1) is 30.5. The summed E-state index contributed by atoms with van der Waals surface area (Å²) in [5.41, 5.74) is 9.55. The number of ether oxygens (including phenoxy) is 1. The van der Waals surface area contributed by atoms with Gasteiger partial charge in [0.2, 0.25) is 5.95 Å². The van der Waals surface area contributed by atoms with Gasteiger partial charge in [-0.25, -0.2) is 0 Å². The van der Waals surface area contributed by atoms with E-state index < -0.39 is 12.0 Å². The molecule has 0 aliphatic rings. The average molecular weight is 547 g/mol. The van der Waals surface area contributed by atoms with Gasteiger partial charge in [0, 0.05) is 31.4 Å². The molecule has 1 unspecified atom stereocenters. The Morgan fingerprint density at radius 1 is 1.12 bits per heavy atom. The van der Waals surface area contributed by atoms with Gasteiger partial charge in [-0.05, 0) is 50.6 Å². The molecule has 1 aromatic carbocycles. The maximum Gasteiger partial charge on any atom is 0.323 e. The quantitative estimate of drug-likeness (QED) is 0.188. The van der Waals surface area contributed by atoms with Crippen molar-refractivity contribution in [2.24, 2.45) is 16.6 Å². The number of aromatic nitrogens is 3. The van der Waals surface area contributed by atoms with E-state index in [1.54, 1.807) is 6.20 Å². The lowest BCUT2D eigenvalue weighted by atomic mass is 10.1. The van der Waals surface area contributed by atoms with Gasteiger partial charge in [0.25, 0.3) is 0 Å². The number of carbonyl (C=O) groups excluding carboxylic acids is 1. The van der Waals surface area contributed by atoms with E-state index >= 15 is 0 Å². The molecule has 2 aromatic heterocycles. The monoisotopic (exact) mass is 546 g/mol. The van der Waals surface area contributed by atoms with Gasteiger partial charge in [-0.15, -0.1) is 0 Å². The van der Waals surface area contributed by atoms with Crippen LogP contribution in [0.1, 0.15) is 46.6 Å². The van der Waals surface area contributed by atoms with Crippen LogP contribution in [0.15, 0.2) is 53.7 Å². The van der Waals surface area contributed by atoms with Crippen molar-refractivity contribution in [1.82, 2.24) is 15.0 Å². The predicted octanol–water partition coefficient (Wildman–Crippen LogP) is 5.04. The number of benzene rings is 1. The standard InChI is InChI=1S/C30H42N8O2/c1-8-23(18-40-29(39)25(31)19(2)3)35-30-36-27(26(32-6)28(37-30)38(7)20(4)5)34-17-21-12-14-22(15-13-21)24-11-9-10-16-33-24/h9-16,19-20,23,25H,6,8,17-18,31H2,1-5,7H3,(H2,34,35,36,37)/t23-,25?/m1/s1. The van der Waals surface area contributed by atoms with Gasteiger partial charge < -0.3 is 26.0 Å². The summed E-state index contributed by atoms with van der Waals surface area (Å²) in [4.78, 5) is 32.5. The Bertz CT molecular complexity index is 1250. The number of aliphatic imine (C=N–C) groups is 1. The number of nitrogens with one attached hydrogen (secondary N) is 2. The summed E-state index contributed by atoms with van der Waals surface area (Å²) in [7, 11) is 1.96. The second-order valence-electron chi connectivity index (χ2n) is 10.3. The molecule has 4 N–H and O–H groups in total. The molecular weight excluding hydrogens is 504 g/mol. The normalized spacial score (nSPS) is 12.6. The Morgan fingerprint density at radius 3 is 2.42 bits per heavy atom. The lowest BCUT2D eigenvalue weighted by Gasteiger charge is -2.26. The van der Waals surface area contributed by atoms with Gasteiger partial charge in [-0.2, -0.15) is 9.97 Å². The Morgan fingerprint density at radius 2 is 1.85 bits per heavy atom. The summed E-state index contributed by atoms with van der Waals surface area (Å²) in [5, 5.41) is 6.74. The SMILES string of the molecule is C=Nc1c(NCc2ccc(-c3ccccn3)cc2)nc(N[C@H](CC)COC(=O)C(N)C(C)C)nc1N(C)C(C)C. The van der Waals surface area contributed by atoms with E-state index in [1.165, 1.54) is 0 Å². The third-order valence-corrected chi connectivity index (χ3v) is 6.75. The first-order chi connectivity index (χ1) is 19.1. The highest BCUT2D eigenvalue weighted by molar-refractivity contribution is 5.78. The largest absolute Gasteiger partial charge is 0.462 e. The van der Waals surface area contributed by atoms with Crippen LogP contribution in [0, 0.1) is 5.92 Å². The molecular formula is C30H42N8O2. The molecule has 40 heavy (non-hydrogen) atoms. The Hall–Kier alpha value is -4.05. The molecule has 10 heteroatoms. The molecule has 0 aliphatic heterocycles. The summed E-state index contributed by atoms with van der Waals surface area (Å²) in [6.07, 6.45) is 2.48. The molecule has 214 valence electrons. The topological polar surface area (TPSA) is 131 Å². The first-order valence-electron chi connectivity index (χ1n) is 13.7. The van der Waals surface area contributed by atoms with Crippen LogP contribution in [0.5, 0.6) is 0 Å². The first-order valence-corrected chi connectivity index (χ1v) is 13.7. The van der Waals surface area contributed by atoms with Crippen molar-refractivity contribution in [3.63, 3.8) is 0 Å². The maximum absolute atomic E-state index is 12.3. The van der Waals surface area contributed by atoms with Crippen molar-refractivity contribution in [3.05, 3.63) is 54.2 Å². The molecule has 0 aliphatic carbocycles. The van der Waals surface area contributed by atoms with E-state index in [4.69, 9.17) is 20.4 Å². The molecule has 2 atom stereocenters. The number of hydrogen-bond donors (Lipinski definition) is 3. The Kier molecular flexibility index (Phi) is 11.0. The van der Waals surface area contributed by atoms with Gasteiger partial charge >= 0.3 is 5.97 Å². The molecule has 0 fully saturated rings. The van der Waals surface area contributed by atoms with Crippen molar-refractivity contribution in [1.29, 1.82) is 0 Å². The molecule has 0 spiro atoms. The fourth-order valence-electron chi connectivity index (χ4n) is 3.77. The predicted molar refractivity (Wildman–Crippen MR) is 163 cm³/mol. The van der Waals surface area contributed by atoms with Gasteiger partial charge in [-0.1, -0.05) is 51.1 Å². The number of nitrogens with two attached hydrogens (primary N) is 1. The molecule has 0 radical (unpaired) electrons. The van der Waals surface area contributed by atoms with Gasteiger partial charge in [0.1, 0.15) is 18.3 Å². The number of carbonyl (C=O) groups is 1. The van der Waals surface area contributed by atoms with Crippen LogP contribution in [-0.2, 0) is 16.1 Å². The van der Waals surface area contributed by atoms with Crippen LogP contribution in [0.4, 0.5) is 23.3 Å². The molecule has 0 amide bonds. The lowest BCUT2D eigenvalue weighted by Crippen LogP contribution is -2.39. The molecule has 0 bridgehead atoms. The third kappa shape index (κ3) is 7.98. The minimum Gasteiger partial charge on any atom is -0.462 e. The van der Waals surface area contributed by atoms with E-state index in [0.717, 1.165) is 16.8 Å². The van der Waals surface area contributed by atoms with Crippen molar-refractivity contribution in [3.8, 4) is 11.3 Å². The zero-order valence-electron chi connectivity index (χ0n) is 24.4. The molecule has 0 saturated heterocycles. The highest BCUT2D eigenvalue weighted by Gasteiger charge is 2.22. The number of esters is 1. The van der Waals surface area contributed by atoms with E-state index in [2.05, 4.69) is 65.4 Å². The zero-order valence-corrected chi connectivity index (χ0v) is 24.4. The third-order valence-electron chi connectivity index (χ3n) is 6.75. The summed E-state index contributed by atoms with van der Waals surface area (Å²) in [6, 6.07) is 13.4. The number of anilines is 3. The van der Waals surface area contributed by atoms with Gasteiger partial charge in [0.05, 0.1) is 11.7 Å². The van der Waals surface area contributed by atoms with E-state index in [9.17, 15) is 4.79 Å². The summed E-state index contributed by atoms with van der Waals surface area (Å²) in [6.45, 7) is 14.4. The summed E-state index contributed by atoms with van der Waals surface area (Å²) in [5.74, 6) is 1.18. The fraction of sp³-hybridized carbons (Fsp3) is 0.433. The van der Waals surface area contributed by atoms with Crippen molar-refractivity contribution < 1.29 is 9.53 Å².